The number of rotatable bonds is 39. The van der Waals surface area contributed by atoms with E-state index in [2.05, 4.69) is 62.5 Å². The molecular weight excluding hydrogens is 645 g/mol. The van der Waals surface area contributed by atoms with Crippen LogP contribution < -0.4 is 0 Å². The van der Waals surface area contributed by atoms with Gasteiger partial charge in [-0.15, -0.1) is 0 Å². The topological polar surface area (TPSA) is 72.8 Å². The van der Waals surface area contributed by atoms with E-state index >= 15 is 0 Å². The lowest BCUT2D eigenvalue weighted by atomic mass is 10.0. The average molecular weight is 727 g/mol. The van der Waals surface area contributed by atoms with E-state index in [-0.39, 0.29) is 25.6 Å². The van der Waals surface area contributed by atoms with E-state index < -0.39 is 12.1 Å². The van der Waals surface area contributed by atoms with Crippen molar-refractivity contribution >= 4 is 11.9 Å². The number of ether oxygens (including phenoxy) is 2. The van der Waals surface area contributed by atoms with Crippen LogP contribution in [0.1, 0.15) is 206 Å². The SMILES string of the molecule is CCCCC/C=C\C/C=C\C/C=C\C/C=C\C/C=C\CCC(=O)O[C@@H](CO)COC(=O)CCCCCCCCCCCCCCCCCCCCC. The quantitative estimate of drug-likeness (QED) is 0.0388. The molecule has 0 aromatic heterocycles. The fraction of sp³-hybridized carbons (Fsp3) is 0.745. The predicted molar refractivity (Wildman–Crippen MR) is 223 cm³/mol. The molecule has 300 valence electrons. The lowest BCUT2D eigenvalue weighted by Crippen LogP contribution is -2.28. The molecule has 0 heterocycles. The Balaban J connectivity index is 3.64. The monoisotopic (exact) mass is 727 g/mol. The zero-order valence-corrected chi connectivity index (χ0v) is 34.1. The molecule has 1 N–H and O–H groups in total. The molecule has 0 fully saturated rings. The minimum atomic E-state index is -0.811. The fourth-order valence-corrected chi connectivity index (χ4v) is 6.01. The Morgan fingerprint density at radius 1 is 0.442 bits per heavy atom. The van der Waals surface area contributed by atoms with Crippen LogP contribution in [0.25, 0.3) is 0 Å². The molecule has 0 rings (SSSR count). The van der Waals surface area contributed by atoms with Gasteiger partial charge in [0.25, 0.3) is 0 Å². The summed E-state index contributed by atoms with van der Waals surface area (Å²) in [6, 6.07) is 0. The van der Waals surface area contributed by atoms with Gasteiger partial charge in [-0.3, -0.25) is 9.59 Å². The van der Waals surface area contributed by atoms with Gasteiger partial charge in [-0.2, -0.15) is 0 Å². The van der Waals surface area contributed by atoms with Crippen molar-refractivity contribution in [3.05, 3.63) is 60.8 Å². The van der Waals surface area contributed by atoms with Crippen LogP contribution in [0.4, 0.5) is 0 Å². The number of aliphatic hydroxyl groups is 1. The third-order valence-electron chi connectivity index (χ3n) is 9.33. The van der Waals surface area contributed by atoms with Crippen molar-refractivity contribution in [2.24, 2.45) is 0 Å². The van der Waals surface area contributed by atoms with E-state index in [9.17, 15) is 14.7 Å². The summed E-state index contributed by atoms with van der Waals surface area (Å²) in [4.78, 5) is 24.3. The fourth-order valence-electron chi connectivity index (χ4n) is 6.01. The molecule has 0 radical (unpaired) electrons. The third-order valence-corrected chi connectivity index (χ3v) is 9.33. The average Bonchev–Trinajstić information content (AvgIpc) is 3.15. The Hall–Kier alpha value is -2.40. The molecule has 0 saturated carbocycles. The van der Waals surface area contributed by atoms with Gasteiger partial charge in [0, 0.05) is 12.8 Å². The van der Waals surface area contributed by atoms with Crippen LogP contribution in [-0.2, 0) is 19.1 Å². The minimum Gasteiger partial charge on any atom is -0.462 e. The summed E-state index contributed by atoms with van der Waals surface area (Å²) in [5, 5.41) is 9.57. The number of carbonyl (C=O) groups excluding carboxylic acids is 2. The van der Waals surface area contributed by atoms with Gasteiger partial charge in [0.2, 0.25) is 0 Å². The van der Waals surface area contributed by atoms with E-state index in [4.69, 9.17) is 9.47 Å². The summed E-state index contributed by atoms with van der Waals surface area (Å²) in [5.41, 5.74) is 0. The van der Waals surface area contributed by atoms with Gasteiger partial charge in [0.15, 0.2) is 6.10 Å². The first-order chi connectivity index (χ1) is 25.6. The molecule has 5 heteroatoms. The Bertz CT molecular complexity index is 915. The second-order valence-corrected chi connectivity index (χ2v) is 14.4. The largest absolute Gasteiger partial charge is 0.462 e. The molecule has 0 spiro atoms. The van der Waals surface area contributed by atoms with Crippen LogP contribution in [0.3, 0.4) is 0 Å². The van der Waals surface area contributed by atoms with Crippen LogP contribution in [0.2, 0.25) is 0 Å². The van der Waals surface area contributed by atoms with E-state index in [0.717, 1.165) is 44.9 Å². The number of hydrogen-bond acceptors (Lipinski definition) is 5. The zero-order valence-electron chi connectivity index (χ0n) is 34.1. The standard InChI is InChI=1S/C47H82O5/c1-3-5-7-9-11-13-15-17-19-21-23-25-27-29-31-33-35-37-39-41-46(49)51-44-45(43-48)52-47(50)42-40-38-36-34-32-30-28-26-24-22-20-18-16-14-12-10-8-6-4-2/h12,14,18,20,24,26,30,32,36,38,45,48H,3-11,13,15-17,19,21-23,25,27-29,31,33-35,37,39-44H2,1-2H3/b14-12-,20-18-,26-24-,32-30-,38-36-/t45-/m0/s1. The molecule has 0 aromatic carbocycles. The van der Waals surface area contributed by atoms with Gasteiger partial charge in [-0.05, 0) is 51.4 Å². The summed E-state index contributed by atoms with van der Waals surface area (Å²) in [6.07, 6.45) is 55.9. The third kappa shape index (κ3) is 40.4. The van der Waals surface area contributed by atoms with Crippen molar-refractivity contribution in [2.75, 3.05) is 13.2 Å². The molecule has 0 aliphatic heterocycles. The maximum Gasteiger partial charge on any atom is 0.306 e. The summed E-state index contributed by atoms with van der Waals surface area (Å²) in [7, 11) is 0. The Morgan fingerprint density at radius 3 is 1.23 bits per heavy atom. The van der Waals surface area contributed by atoms with Crippen molar-refractivity contribution in [3.63, 3.8) is 0 Å². The summed E-state index contributed by atoms with van der Waals surface area (Å²) in [6.45, 7) is 4.06. The normalized spacial score (nSPS) is 12.8. The van der Waals surface area contributed by atoms with Gasteiger partial charge in [-0.1, -0.05) is 203 Å². The number of aliphatic hydroxyl groups excluding tert-OH is 1. The lowest BCUT2D eigenvalue weighted by molar-refractivity contribution is -0.161. The Kier molecular flexibility index (Phi) is 41.0. The van der Waals surface area contributed by atoms with Crippen LogP contribution >= 0.6 is 0 Å². The van der Waals surface area contributed by atoms with Crippen LogP contribution in [0, 0.1) is 0 Å². The molecule has 0 unspecified atom stereocenters. The van der Waals surface area contributed by atoms with Gasteiger partial charge in [-0.25, -0.2) is 0 Å². The molecule has 1 atom stereocenters. The number of allylic oxidation sites excluding steroid dienone is 10. The van der Waals surface area contributed by atoms with Crippen molar-refractivity contribution in [1.29, 1.82) is 0 Å². The van der Waals surface area contributed by atoms with Crippen LogP contribution in [0.5, 0.6) is 0 Å². The molecular formula is C47H82O5. The van der Waals surface area contributed by atoms with Crippen molar-refractivity contribution in [2.45, 2.75) is 213 Å². The first kappa shape index (κ1) is 49.6. The molecule has 52 heavy (non-hydrogen) atoms. The number of carbonyl (C=O) groups is 2. The second kappa shape index (κ2) is 43.0. The van der Waals surface area contributed by atoms with Crippen molar-refractivity contribution in [3.8, 4) is 0 Å². The highest BCUT2D eigenvalue weighted by Gasteiger charge is 2.15. The van der Waals surface area contributed by atoms with Gasteiger partial charge in [0.1, 0.15) is 6.61 Å². The summed E-state index contributed by atoms with van der Waals surface area (Å²) >= 11 is 0. The summed E-state index contributed by atoms with van der Waals surface area (Å²) < 4.78 is 10.6. The highest BCUT2D eigenvalue weighted by molar-refractivity contribution is 5.70. The zero-order chi connectivity index (χ0) is 37.8. The van der Waals surface area contributed by atoms with E-state index in [1.165, 1.54) is 128 Å². The van der Waals surface area contributed by atoms with Crippen molar-refractivity contribution < 1.29 is 24.2 Å². The minimum absolute atomic E-state index is 0.0951. The molecule has 0 saturated heterocycles. The number of unbranched alkanes of at least 4 members (excludes halogenated alkanes) is 21. The van der Waals surface area contributed by atoms with Gasteiger partial charge < -0.3 is 14.6 Å². The van der Waals surface area contributed by atoms with Crippen LogP contribution in [0.15, 0.2) is 60.8 Å². The van der Waals surface area contributed by atoms with E-state index in [1.54, 1.807) is 0 Å². The first-order valence-electron chi connectivity index (χ1n) is 21.8. The number of hydrogen-bond donors (Lipinski definition) is 1. The molecule has 0 bridgehead atoms. The smallest absolute Gasteiger partial charge is 0.306 e. The molecule has 0 amide bonds. The van der Waals surface area contributed by atoms with Gasteiger partial charge in [0.05, 0.1) is 6.61 Å². The Morgan fingerprint density at radius 2 is 0.808 bits per heavy atom. The maximum absolute atomic E-state index is 12.2. The van der Waals surface area contributed by atoms with E-state index in [1.807, 2.05) is 12.2 Å². The van der Waals surface area contributed by atoms with Crippen molar-refractivity contribution in [1.82, 2.24) is 0 Å². The Labute approximate surface area is 321 Å². The number of esters is 2. The first-order valence-corrected chi connectivity index (χ1v) is 21.8. The summed E-state index contributed by atoms with van der Waals surface area (Å²) in [5.74, 6) is -0.683. The highest BCUT2D eigenvalue weighted by Crippen LogP contribution is 2.15. The molecule has 0 aliphatic rings. The van der Waals surface area contributed by atoms with Gasteiger partial charge >= 0.3 is 11.9 Å². The van der Waals surface area contributed by atoms with Crippen LogP contribution in [-0.4, -0.2) is 36.4 Å². The molecule has 0 aromatic rings. The predicted octanol–water partition coefficient (Wildman–Crippen LogP) is 14.0. The lowest BCUT2D eigenvalue weighted by Gasteiger charge is -2.15. The van der Waals surface area contributed by atoms with E-state index in [0.29, 0.717) is 12.8 Å². The highest BCUT2D eigenvalue weighted by atomic mass is 16.6. The molecule has 5 nitrogen and oxygen atoms in total. The molecule has 0 aliphatic carbocycles. The maximum atomic E-state index is 12.2. The second-order valence-electron chi connectivity index (χ2n) is 14.4.